The second-order valence-corrected chi connectivity index (χ2v) is 5.42. The predicted octanol–water partition coefficient (Wildman–Crippen LogP) is 5.68. The van der Waals surface area contributed by atoms with Crippen molar-refractivity contribution >= 4 is 38.4 Å². The van der Waals surface area contributed by atoms with E-state index in [4.69, 9.17) is 9.83 Å². The van der Waals surface area contributed by atoms with Gasteiger partial charge in [0.25, 0.3) is 0 Å². The second kappa shape index (κ2) is 4.85. The van der Waals surface area contributed by atoms with Gasteiger partial charge in [0.2, 0.25) is 0 Å². The molecule has 2 heteroatoms. The monoisotopic (exact) mass is 285 g/mol. The van der Waals surface area contributed by atoms with Gasteiger partial charge < -0.3 is 9.83 Å². The average molecular weight is 285 g/mol. The van der Waals surface area contributed by atoms with Gasteiger partial charge in [-0.2, -0.15) is 0 Å². The molecule has 106 valence electrons. The average Bonchev–Trinajstić information content (AvgIpc) is 2.89. The minimum atomic E-state index is 0.513. The van der Waals surface area contributed by atoms with Crippen molar-refractivity contribution in [3.8, 4) is 0 Å². The molecule has 1 aromatic heterocycles. The van der Waals surface area contributed by atoms with E-state index in [-0.39, 0.29) is 0 Å². The molecule has 0 spiro atoms. The predicted molar refractivity (Wildman–Crippen MR) is 92.9 cm³/mol. The van der Waals surface area contributed by atoms with Gasteiger partial charge in [0.15, 0.2) is 0 Å². The molecule has 4 aromatic rings. The highest BCUT2D eigenvalue weighted by Crippen LogP contribution is 2.32. The van der Waals surface area contributed by atoms with Crippen LogP contribution >= 0.6 is 0 Å². The Morgan fingerprint density at radius 2 is 1.64 bits per heavy atom. The summed E-state index contributed by atoms with van der Waals surface area (Å²) in [6.07, 6.45) is 3.69. The third-order valence-electron chi connectivity index (χ3n) is 3.98. The molecule has 0 aliphatic rings. The van der Waals surface area contributed by atoms with Crippen LogP contribution < -0.4 is 0 Å². The largest absolute Gasteiger partial charge is 0.456 e. The van der Waals surface area contributed by atoms with E-state index in [0.29, 0.717) is 5.71 Å². The summed E-state index contributed by atoms with van der Waals surface area (Å²) < 4.78 is 5.97. The smallest absolute Gasteiger partial charge is 0.136 e. The fraction of sp³-hybridized carbons (Fsp3) is 0.0500. The molecule has 0 saturated heterocycles. The molecule has 1 N–H and O–H groups in total. The summed E-state index contributed by atoms with van der Waals surface area (Å²) in [7, 11) is 0. The Morgan fingerprint density at radius 3 is 2.41 bits per heavy atom. The maximum atomic E-state index is 8.08. The molecule has 0 fully saturated rings. The molecule has 0 aliphatic heterocycles. The number of benzene rings is 3. The number of hydrogen-bond donors (Lipinski definition) is 1. The van der Waals surface area contributed by atoms with E-state index in [1.54, 1.807) is 6.08 Å². The minimum absolute atomic E-state index is 0.513. The molecular weight excluding hydrogens is 270 g/mol. The maximum absolute atomic E-state index is 8.08. The van der Waals surface area contributed by atoms with Gasteiger partial charge in [0.1, 0.15) is 11.2 Å². The molecule has 22 heavy (non-hydrogen) atoms. The molecule has 0 atom stereocenters. The van der Waals surface area contributed by atoms with Gasteiger partial charge in [-0.3, -0.25) is 0 Å². The molecule has 2 nitrogen and oxygen atoms in total. The van der Waals surface area contributed by atoms with Crippen molar-refractivity contribution < 1.29 is 4.42 Å². The molecule has 0 bridgehead atoms. The van der Waals surface area contributed by atoms with Crippen molar-refractivity contribution in [1.29, 1.82) is 5.41 Å². The Kier molecular flexibility index (Phi) is 2.83. The Balaban J connectivity index is 2.03. The summed E-state index contributed by atoms with van der Waals surface area (Å²) in [5, 5.41) is 12.6. The first-order valence-electron chi connectivity index (χ1n) is 7.33. The highest BCUT2D eigenvalue weighted by Gasteiger charge is 2.10. The molecule has 4 rings (SSSR count). The van der Waals surface area contributed by atoms with Crippen LogP contribution in [0.4, 0.5) is 0 Å². The number of hydrogen-bond acceptors (Lipinski definition) is 2. The Labute approximate surface area is 128 Å². The van der Waals surface area contributed by atoms with Crippen molar-refractivity contribution in [2.75, 3.05) is 0 Å². The highest BCUT2D eigenvalue weighted by atomic mass is 16.3. The molecule has 0 radical (unpaired) electrons. The van der Waals surface area contributed by atoms with E-state index >= 15 is 0 Å². The van der Waals surface area contributed by atoms with Crippen LogP contribution in [-0.4, -0.2) is 5.71 Å². The first-order chi connectivity index (χ1) is 10.8. The van der Waals surface area contributed by atoms with Gasteiger partial charge in [0, 0.05) is 16.3 Å². The van der Waals surface area contributed by atoms with E-state index in [9.17, 15) is 0 Å². The fourth-order valence-electron chi connectivity index (χ4n) is 2.89. The van der Waals surface area contributed by atoms with E-state index in [1.807, 2.05) is 43.3 Å². The molecular formula is C20H15NO. The molecule has 1 heterocycles. The third-order valence-corrected chi connectivity index (χ3v) is 3.98. The molecule has 0 aliphatic carbocycles. The summed E-state index contributed by atoms with van der Waals surface area (Å²) in [5.41, 5.74) is 3.17. The van der Waals surface area contributed by atoms with Crippen LogP contribution in [0.3, 0.4) is 0 Å². The first kappa shape index (κ1) is 12.8. The quantitative estimate of drug-likeness (QED) is 0.472. The SMILES string of the molecule is C/C=C\C(=N)c1ccc2oc3cc4ccccc4cc3c2c1. The standard InChI is InChI=1S/C20H15NO/c1-2-5-18(21)15-8-9-19-16(11-15)17-10-13-6-3-4-7-14(13)12-20(17)22-19/h2-12,21H,1H3/b5-2-,21-18?. The summed E-state index contributed by atoms with van der Waals surface area (Å²) in [6, 6.07) is 18.5. The Bertz CT molecular complexity index is 1050. The number of nitrogens with one attached hydrogen (secondary N) is 1. The topological polar surface area (TPSA) is 37.0 Å². The van der Waals surface area contributed by atoms with Crippen molar-refractivity contribution in [1.82, 2.24) is 0 Å². The van der Waals surface area contributed by atoms with Crippen LogP contribution in [0.15, 0.2) is 71.2 Å². The van der Waals surface area contributed by atoms with E-state index in [0.717, 1.165) is 27.5 Å². The van der Waals surface area contributed by atoms with Crippen LogP contribution in [0.5, 0.6) is 0 Å². The van der Waals surface area contributed by atoms with Crippen molar-refractivity contribution in [3.63, 3.8) is 0 Å². The van der Waals surface area contributed by atoms with E-state index in [2.05, 4.69) is 24.3 Å². The lowest BCUT2D eigenvalue weighted by atomic mass is 10.0. The lowest BCUT2D eigenvalue weighted by molar-refractivity contribution is 0.669. The normalized spacial score (nSPS) is 11.9. The van der Waals surface area contributed by atoms with Gasteiger partial charge >= 0.3 is 0 Å². The number of furan rings is 1. The molecule has 0 unspecified atom stereocenters. The van der Waals surface area contributed by atoms with Crippen LogP contribution in [0.25, 0.3) is 32.7 Å². The van der Waals surface area contributed by atoms with Crippen LogP contribution in [0, 0.1) is 5.41 Å². The molecule has 0 saturated carbocycles. The first-order valence-corrected chi connectivity index (χ1v) is 7.33. The summed E-state index contributed by atoms with van der Waals surface area (Å²) in [4.78, 5) is 0. The van der Waals surface area contributed by atoms with Crippen LogP contribution in [0.2, 0.25) is 0 Å². The van der Waals surface area contributed by atoms with Gasteiger partial charge in [-0.15, -0.1) is 0 Å². The third kappa shape index (κ3) is 1.92. The van der Waals surface area contributed by atoms with E-state index < -0.39 is 0 Å². The zero-order valence-electron chi connectivity index (χ0n) is 12.3. The maximum Gasteiger partial charge on any atom is 0.136 e. The summed E-state index contributed by atoms with van der Waals surface area (Å²) in [5.74, 6) is 0. The zero-order valence-corrected chi connectivity index (χ0v) is 12.3. The molecule has 0 amide bonds. The fourth-order valence-corrected chi connectivity index (χ4v) is 2.89. The van der Waals surface area contributed by atoms with Crippen LogP contribution in [-0.2, 0) is 0 Å². The van der Waals surface area contributed by atoms with Gasteiger partial charge in [-0.1, -0.05) is 30.3 Å². The number of allylic oxidation sites excluding steroid dienone is 2. The van der Waals surface area contributed by atoms with E-state index in [1.165, 1.54) is 10.8 Å². The van der Waals surface area contributed by atoms with Crippen molar-refractivity contribution in [2.45, 2.75) is 6.92 Å². The lowest BCUT2D eigenvalue weighted by Gasteiger charge is -1.99. The van der Waals surface area contributed by atoms with Crippen molar-refractivity contribution in [2.24, 2.45) is 0 Å². The highest BCUT2D eigenvalue weighted by molar-refractivity contribution is 6.14. The summed E-state index contributed by atoms with van der Waals surface area (Å²) in [6.45, 7) is 1.92. The van der Waals surface area contributed by atoms with Gasteiger partial charge in [-0.05, 0) is 54.1 Å². The van der Waals surface area contributed by atoms with Crippen LogP contribution in [0.1, 0.15) is 12.5 Å². The lowest BCUT2D eigenvalue weighted by Crippen LogP contribution is -1.92. The Morgan fingerprint density at radius 1 is 0.909 bits per heavy atom. The minimum Gasteiger partial charge on any atom is -0.456 e. The van der Waals surface area contributed by atoms with Gasteiger partial charge in [-0.25, -0.2) is 0 Å². The zero-order chi connectivity index (χ0) is 15.1. The molecule has 3 aromatic carbocycles. The second-order valence-electron chi connectivity index (χ2n) is 5.42. The summed E-state index contributed by atoms with van der Waals surface area (Å²) >= 11 is 0. The number of fused-ring (bicyclic) bond motifs is 4. The van der Waals surface area contributed by atoms with Gasteiger partial charge in [0.05, 0.1) is 5.71 Å². The Hall–Kier alpha value is -2.87. The number of rotatable bonds is 2. The van der Waals surface area contributed by atoms with Crippen molar-refractivity contribution in [3.05, 3.63) is 72.3 Å².